The molecule has 1 aliphatic rings. The molecule has 148 valence electrons. The monoisotopic (exact) mass is 363 g/mol. The topological polar surface area (TPSA) is 53.5 Å². The molecule has 0 atom stereocenters. The maximum absolute atomic E-state index is 5.73. The Morgan fingerprint density at radius 2 is 1.65 bits per heavy atom. The van der Waals surface area contributed by atoms with Gasteiger partial charge in [0.15, 0.2) is 0 Å². The van der Waals surface area contributed by atoms with Gasteiger partial charge >= 0.3 is 0 Å². The summed E-state index contributed by atoms with van der Waals surface area (Å²) < 4.78 is 5.73. The van der Waals surface area contributed by atoms with Crippen LogP contribution in [0, 0.1) is 0 Å². The van der Waals surface area contributed by atoms with Crippen LogP contribution in [0.5, 0.6) is 0 Å². The summed E-state index contributed by atoms with van der Waals surface area (Å²) in [7, 11) is 0. The number of anilines is 1. The summed E-state index contributed by atoms with van der Waals surface area (Å²) in [5.74, 6) is 1.35. The van der Waals surface area contributed by atoms with Gasteiger partial charge in [0.2, 0.25) is 5.95 Å². The molecule has 0 saturated carbocycles. The first-order valence-corrected chi connectivity index (χ1v) is 10.2. The van der Waals surface area contributed by atoms with E-state index in [4.69, 9.17) is 4.74 Å². The molecule has 2 heterocycles. The van der Waals surface area contributed by atoms with E-state index in [2.05, 4.69) is 52.8 Å². The molecule has 0 spiro atoms. The molecule has 1 N–H and O–H groups in total. The van der Waals surface area contributed by atoms with Crippen LogP contribution >= 0.6 is 0 Å². The van der Waals surface area contributed by atoms with E-state index in [-0.39, 0.29) is 0 Å². The highest BCUT2D eigenvalue weighted by Gasteiger charge is 2.18. The smallest absolute Gasteiger partial charge is 0.225 e. The molecule has 1 saturated heterocycles. The van der Waals surface area contributed by atoms with E-state index in [0.717, 1.165) is 71.3 Å². The largest absolute Gasteiger partial charge is 0.381 e. The van der Waals surface area contributed by atoms with Crippen LogP contribution in [0.2, 0.25) is 0 Å². The van der Waals surface area contributed by atoms with E-state index < -0.39 is 0 Å². The third-order valence-electron chi connectivity index (χ3n) is 4.76. The number of hydrogen-bond acceptors (Lipinski definition) is 6. The van der Waals surface area contributed by atoms with Crippen LogP contribution in [0.1, 0.15) is 52.0 Å². The Bertz CT molecular complexity index is 483. The van der Waals surface area contributed by atoms with Crippen LogP contribution in [-0.4, -0.2) is 73.4 Å². The number of rotatable bonds is 11. The van der Waals surface area contributed by atoms with Crippen molar-refractivity contribution in [3.8, 4) is 0 Å². The third-order valence-corrected chi connectivity index (χ3v) is 4.76. The highest BCUT2D eigenvalue weighted by Crippen LogP contribution is 2.15. The van der Waals surface area contributed by atoms with Crippen LogP contribution in [0.25, 0.3) is 0 Å². The maximum Gasteiger partial charge on any atom is 0.225 e. The fourth-order valence-electron chi connectivity index (χ4n) is 3.02. The van der Waals surface area contributed by atoms with Gasteiger partial charge in [-0.2, -0.15) is 0 Å². The van der Waals surface area contributed by atoms with E-state index in [1.165, 1.54) is 5.56 Å². The molecule has 0 unspecified atom stereocenters. The highest BCUT2D eigenvalue weighted by atomic mass is 16.5. The lowest BCUT2D eigenvalue weighted by Crippen LogP contribution is -2.47. The summed E-state index contributed by atoms with van der Waals surface area (Å²) in [6.45, 7) is 16.7. The zero-order valence-electron chi connectivity index (χ0n) is 17.1. The lowest BCUT2D eigenvalue weighted by molar-refractivity contribution is 0.117. The number of aromatic nitrogens is 2. The molecule has 0 bridgehead atoms. The Morgan fingerprint density at radius 3 is 2.27 bits per heavy atom. The van der Waals surface area contributed by atoms with Gasteiger partial charge in [-0.25, -0.2) is 9.97 Å². The molecule has 2 rings (SSSR count). The number of nitrogens with one attached hydrogen (secondary N) is 1. The second-order valence-corrected chi connectivity index (χ2v) is 7.73. The van der Waals surface area contributed by atoms with Gasteiger partial charge in [0, 0.05) is 64.4 Å². The molecule has 0 amide bonds. The minimum absolute atomic E-state index is 0.481. The van der Waals surface area contributed by atoms with E-state index in [9.17, 15) is 0 Å². The van der Waals surface area contributed by atoms with E-state index >= 15 is 0 Å². The molecule has 1 fully saturated rings. The molecular formula is C20H37N5O. The minimum Gasteiger partial charge on any atom is -0.381 e. The van der Waals surface area contributed by atoms with Gasteiger partial charge in [-0.3, -0.25) is 4.90 Å². The highest BCUT2D eigenvalue weighted by molar-refractivity contribution is 5.31. The number of nitrogens with zero attached hydrogens (tertiary/aromatic N) is 4. The van der Waals surface area contributed by atoms with E-state index in [1.54, 1.807) is 0 Å². The molecule has 1 aromatic heterocycles. The van der Waals surface area contributed by atoms with Crippen molar-refractivity contribution in [2.24, 2.45) is 0 Å². The fourth-order valence-corrected chi connectivity index (χ4v) is 3.02. The summed E-state index contributed by atoms with van der Waals surface area (Å²) in [4.78, 5) is 13.9. The molecular weight excluding hydrogens is 326 g/mol. The normalized spacial score (nSPS) is 16.0. The van der Waals surface area contributed by atoms with Crippen molar-refractivity contribution in [2.45, 2.75) is 52.5 Å². The van der Waals surface area contributed by atoms with Gasteiger partial charge in [0.05, 0.1) is 0 Å². The first-order chi connectivity index (χ1) is 12.6. The Kier molecular flexibility index (Phi) is 9.29. The molecule has 0 aromatic carbocycles. The molecule has 1 aliphatic heterocycles. The predicted octanol–water partition coefficient (Wildman–Crippen LogP) is 2.52. The van der Waals surface area contributed by atoms with Crippen molar-refractivity contribution in [1.82, 2.24) is 20.2 Å². The maximum atomic E-state index is 5.73. The average Bonchev–Trinajstić information content (AvgIpc) is 2.64. The first-order valence-electron chi connectivity index (χ1n) is 10.2. The molecule has 6 heteroatoms. The van der Waals surface area contributed by atoms with Crippen LogP contribution in [0.3, 0.4) is 0 Å². The number of hydrogen-bond donors (Lipinski definition) is 1. The number of piperazine rings is 1. The quantitative estimate of drug-likeness (QED) is 0.610. The SMILES string of the molecule is CC(C)NCCCOCCCN1CCN(c2ncc(C(C)C)cn2)CC1. The fraction of sp³-hybridized carbons (Fsp3) is 0.800. The lowest BCUT2D eigenvalue weighted by atomic mass is 10.1. The molecule has 0 radical (unpaired) electrons. The Labute approximate surface area is 159 Å². The molecule has 0 aliphatic carbocycles. The van der Waals surface area contributed by atoms with Gasteiger partial charge in [-0.05, 0) is 30.9 Å². The Morgan fingerprint density at radius 1 is 1.00 bits per heavy atom. The summed E-state index contributed by atoms with van der Waals surface area (Å²) in [5.41, 5.74) is 1.20. The second kappa shape index (κ2) is 11.5. The van der Waals surface area contributed by atoms with Gasteiger partial charge in [-0.1, -0.05) is 27.7 Å². The zero-order valence-corrected chi connectivity index (χ0v) is 17.1. The standard InChI is InChI=1S/C20H37N5O/c1-17(2)19-15-22-20(23-16-19)25-11-9-24(10-12-25)8-6-14-26-13-5-7-21-18(3)4/h15-18,21H,5-14H2,1-4H3. The van der Waals surface area contributed by atoms with E-state index in [0.29, 0.717) is 12.0 Å². The van der Waals surface area contributed by atoms with Crippen LogP contribution < -0.4 is 10.2 Å². The summed E-state index contributed by atoms with van der Waals surface area (Å²) in [6, 6.07) is 0.562. The molecule has 1 aromatic rings. The van der Waals surface area contributed by atoms with Crippen molar-refractivity contribution in [2.75, 3.05) is 57.4 Å². The summed E-state index contributed by atoms with van der Waals surface area (Å²) in [5, 5.41) is 3.41. The lowest BCUT2D eigenvalue weighted by Gasteiger charge is -2.34. The first kappa shape index (κ1) is 21.1. The number of ether oxygens (including phenoxy) is 1. The van der Waals surface area contributed by atoms with Crippen molar-refractivity contribution < 1.29 is 4.74 Å². The van der Waals surface area contributed by atoms with Crippen molar-refractivity contribution in [3.05, 3.63) is 18.0 Å². The molecule has 6 nitrogen and oxygen atoms in total. The third kappa shape index (κ3) is 7.56. The summed E-state index contributed by atoms with van der Waals surface area (Å²) in [6.07, 6.45) is 6.13. The Hall–Kier alpha value is -1.24. The average molecular weight is 364 g/mol. The van der Waals surface area contributed by atoms with Crippen LogP contribution in [-0.2, 0) is 4.74 Å². The summed E-state index contributed by atoms with van der Waals surface area (Å²) >= 11 is 0. The van der Waals surface area contributed by atoms with Crippen LogP contribution in [0.15, 0.2) is 12.4 Å². The molecule has 26 heavy (non-hydrogen) atoms. The Balaban J connectivity index is 1.54. The van der Waals surface area contributed by atoms with Gasteiger partial charge in [0.25, 0.3) is 0 Å². The van der Waals surface area contributed by atoms with Crippen molar-refractivity contribution >= 4 is 5.95 Å². The van der Waals surface area contributed by atoms with Crippen LogP contribution in [0.4, 0.5) is 5.95 Å². The predicted molar refractivity (Wildman–Crippen MR) is 108 cm³/mol. The minimum atomic E-state index is 0.481. The van der Waals surface area contributed by atoms with Crippen molar-refractivity contribution in [3.63, 3.8) is 0 Å². The van der Waals surface area contributed by atoms with E-state index in [1.807, 2.05) is 12.4 Å². The van der Waals surface area contributed by atoms with Gasteiger partial charge < -0.3 is 15.0 Å². The van der Waals surface area contributed by atoms with Gasteiger partial charge in [0.1, 0.15) is 0 Å². The zero-order chi connectivity index (χ0) is 18.8. The van der Waals surface area contributed by atoms with Crippen molar-refractivity contribution in [1.29, 1.82) is 0 Å². The second-order valence-electron chi connectivity index (χ2n) is 7.73. The van der Waals surface area contributed by atoms with Gasteiger partial charge in [-0.15, -0.1) is 0 Å².